The van der Waals surface area contributed by atoms with Crippen LogP contribution in [-0.2, 0) is 0 Å². The molecule has 1 fully saturated rings. The molecule has 1 aromatic carbocycles. The first kappa shape index (κ1) is 17.5. The Balaban J connectivity index is 1.72. The van der Waals surface area contributed by atoms with Gasteiger partial charge in [-0.3, -0.25) is 4.57 Å². The van der Waals surface area contributed by atoms with E-state index in [1.807, 2.05) is 41.0 Å². The molecule has 144 valence electrons. The van der Waals surface area contributed by atoms with Gasteiger partial charge in [0.15, 0.2) is 28.6 Å². The normalized spacial score (nSPS) is 15.3. The molecule has 3 aromatic heterocycles. The van der Waals surface area contributed by atoms with Gasteiger partial charge in [0.1, 0.15) is 5.60 Å². The molecule has 1 saturated carbocycles. The second-order valence-corrected chi connectivity index (χ2v) is 7.18. The Bertz CT molecular complexity index is 1230. The van der Waals surface area contributed by atoms with Crippen molar-refractivity contribution < 1.29 is 9.52 Å². The summed E-state index contributed by atoms with van der Waals surface area (Å²) < 4.78 is 7.45. The van der Waals surface area contributed by atoms with Crippen LogP contribution in [0.4, 0.5) is 5.82 Å². The smallest absolute Gasteiger partial charge is 0.209 e. The molecular formula is C22H19N5O2. The third-order valence-electron chi connectivity index (χ3n) is 5.13. The van der Waals surface area contributed by atoms with Gasteiger partial charge in [-0.2, -0.15) is 0 Å². The Kier molecular flexibility index (Phi) is 4.07. The zero-order chi connectivity index (χ0) is 19.8. The maximum Gasteiger partial charge on any atom is 0.209 e. The Morgan fingerprint density at radius 2 is 1.83 bits per heavy atom. The molecule has 0 radical (unpaired) electrons. The molecule has 5 rings (SSSR count). The van der Waals surface area contributed by atoms with E-state index >= 15 is 0 Å². The van der Waals surface area contributed by atoms with Gasteiger partial charge in [0.05, 0.1) is 6.26 Å². The summed E-state index contributed by atoms with van der Waals surface area (Å²) in [6, 6.07) is 13.4. The molecule has 0 atom stereocenters. The van der Waals surface area contributed by atoms with Crippen LogP contribution in [0.3, 0.4) is 0 Å². The highest BCUT2D eigenvalue weighted by Gasteiger charge is 2.29. The molecule has 7 heteroatoms. The van der Waals surface area contributed by atoms with Crippen molar-refractivity contribution in [2.75, 3.05) is 5.73 Å². The first-order valence-corrected chi connectivity index (χ1v) is 9.54. The summed E-state index contributed by atoms with van der Waals surface area (Å²) in [5.74, 6) is 7.53. The summed E-state index contributed by atoms with van der Waals surface area (Å²) in [6.45, 7) is 0. The van der Waals surface area contributed by atoms with E-state index in [0.29, 0.717) is 35.6 Å². The number of para-hydroxylation sites is 1. The predicted octanol–water partition coefficient (Wildman–Crippen LogP) is 3.31. The van der Waals surface area contributed by atoms with Crippen molar-refractivity contribution in [1.82, 2.24) is 19.5 Å². The quantitative estimate of drug-likeness (QED) is 0.513. The van der Waals surface area contributed by atoms with Crippen molar-refractivity contribution in [2.24, 2.45) is 0 Å². The van der Waals surface area contributed by atoms with Crippen molar-refractivity contribution >= 4 is 17.0 Å². The van der Waals surface area contributed by atoms with Crippen LogP contribution in [0.5, 0.6) is 0 Å². The number of furan rings is 1. The highest BCUT2D eigenvalue weighted by molar-refractivity contribution is 5.87. The highest BCUT2D eigenvalue weighted by atomic mass is 16.3. The molecule has 0 unspecified atom stereocenters. The van der Waals surface area contributed by atoms with Crippen LogP contribution in [0.25, 0.3) is 28.4 Å². The number of nitrogens with zero attached hydrogens (tertiary/aromatic N) is 4. The van der Waals surface area contributed by atoms with Crippen molar-refractivity contribution in [3.8, 4) is 29.1 Å². The minimum absolute atomic E-state index is 0.236. The van der Waals surface area contributed by atoms with Crippen molar-refractivity contribution in [1.29, 1.82) is 0 Å². The first-order valence-electron chi connectivity index (χ1n) is 9.54. The number of benzene rings is 1. The Hall–Kier alpha value is -3.63. The molecule has 0 amide bonds. The van der Waals surface area contributed by atoms with Gasteiger partial charge in [-0.05, 0) is 55.9 Å². The molecule has 0 spiro atoms. The first-order chi connectivity index (χ1) is 14.1. The molecule has 7 nitrogen and oxygen atoms in total. The summed E-state index contributed by atoms with van der Waals surface area (Å²) in [5, 5.41) is 10.5. The van der Waals surface area contributed by atoms with Gasteiger partial charge in [0, 0.05) is 5.69 Å². The second kappa shape index (κ2) is 6.76. The predicted molar refractivity (Wildman–Crippen MR) is 109 cm³/mol. The molecule has 4 aromatic rings. The van der Waals surface area contributed by atoms with Crippen LogP contribution in [0.1, 0.15) is 31.5 Å². The van der Waals surface area contributed by atoms with Gasteiger partial charge in [-0.1, -0.05) is 24.1 Å². The van der Waals surface area contributed by atoms with Gasteiger partial charge in [0.2, 0.25) is 5.82 Å². The number of fused-ring (bicyclic) bond motifs is 1. The van der Waals surface area contributed by atoms with Crippen LogP contribution in [0.15, 0.2) is 53.1 Å². The van der Waals surface area contributed by atoms with Gasteiger partial charge in [-0.25, -0.2) is 15.0 Å². The summed E-state index contributed by atoms with van der Waals surface area (Å²) >= 11 is 0. The second-order valence-electron chi connectivity index (χ2n) is 7.18. The lowest BCUT2D eigenvalue weighted by molar-refractivity contribution is 0.110. The number of anilines is 1. The fourth-order valence-corrected chi connectivity index (χ4v) is 3.68. The average molecular weight is 385 g/mol. The number of hydrogen-bond donors (Lipinski definition) is 2. The van der Waals surface area contributed by atoms with E-state index in [4.69, 9.17) is 10.2 Å². The van der Waals surface area contributed by atoms with E-state index in [2.05, 4.69) is 26.8 Å². The van der Waals surface area contributed by atoms with E-state index in [-0.39, 0.29) is 11.6 Å². The third-order valence-corrected chi connectivity index (χ3v) is 5.13. The summed E-state index contributed by atoms with van der Waals surface area (Å²) in [7, 11) is 0. The number of hydrogen-bond acceptors (Lipinski definition) is 6. The fraction of sp³-hybridized carbons (Fsp3) is 0.227. The van der Waals surface area contributed by atoms with Crippen molar-refractivity contribution in [2.45, 2.75) is 31.3 Å². The largest absolute Gasteiger partial charge is 0.461 e. The lowest BCUT2D eigenvalue weighted by Gasteiger charge is -2.12. The lowest BCUT2D eigenvalue weighted by Crippen LogP contribution is -2.20. The SMILES string of the molecule is Nc1nc(C#CC2(O)CCCC2)nc2c1nc(-c1ccco1)n2-c1ccccc1. The standard InChI is InChI=1S/C22H19N5O2/c23-19-18-21(25-17(24-19)10-13-22(28)11-4-5-12-22)27(15-7-2-1-3-8-15)20(26-18)16-9-6-14-29-16/h1-3,6-9,14,28H,4-5,11-12H2,(H2,23,24,25). The molecule has 0 aliphatic heterocycles. The zero-order valence-electron chi connectivity index (χ0n) is 15.7. The van der Waals surface area contributed by atoms with Crippen LogP contribution in [-0.4, -0.2) is 30.2 Å². The number of nitrogens with two attached hydrogens (primary N) is 1. The van der Waals surface area contributed by atoms with E-state index in [1.165, 1.54) is 0 Å². The zero-order valence-corrected chi connectivity index (χ0v) is 15.7. The molecule has 1 aliphatic carbocycles. The van der Waals surface area contributed by atoms with E-state index in [1.54, 1.807) is 12.3 Å². The molecule has 0 saturated heterocycles. The number of nitrogen functional groups attached to an aromatic ring is 1. The Labute approximate surface area is 167 Å². The molecule has 29 heavy (non-hydrogen) atoms. The number of rotatable bonds is 2. The third kappa shape index (κ3) is 3.13. The van der Waals surface area contributed by atoms with Crippen molar-refractivity contribution in [3.05, 3.63) is 54.6 Å². The van der Waals surface area contributed by atoms with Crippen LogP contribution < -0.4 is 5.73 Å². The Morgan fingerprint density at radius 3 is 2.55 bits per heavy atom. The van der Waals surface area contributed by atoms with E-state index in [9.17, 15) is 5.11 Å². The lowest BCUT2D eigenvalue weighted by atomic mass is 10.0. The van der Waals surface area contributed by atoms with E-state index in [0.717, 1.165) is 18.5 Å². The molecule has 3 N–H and O–H groups in total. The van der Waals surface area contributed by atoms with Gasteiger partial charge in [-0.15, -0.1) is 0 Å². The molecule has 1 aliphatic rings. The summed E-state index contributed by atoms with van der Waals surface area (Å²) in [4.78, 5) is 13.6. The minimum atomic E-state index is -0.966. The average Bonchev–Trinajstić information content (AvgIpc) is 3.47. The summed E-state index contributed by atoms with van der Waals surface area (Å²) in [5.41, 5.74) is 7.12. The maximum absolute atomic E-state index is 10.5. The topological polar surface area (TPSA) is 103 Å². The highest BCUT2D eigenvalue weighted by Crippen LogP contribution is 2.30. The molecular weight excluding hydrogens is 366 g/mol. The molecule has 3 heterocycles. The molecule has 0 bridgehead atoms. The summed E-state index contributed by atoms with van der Waals surface area (Å²) in [6.07, 6.45) is 4.88. The van der Waals surface area contributed by atoms with Crippen LogP contribution in [0, 0.1) is 11.8 Å². The number of aliphatic hydroxyl groups is 1. The minimum Gasteiger partial charge on any atom is -0.461 e. The maximum atomic E-state index is 10.5. The number of imidazole rings is 1. The van der Waals surface area contributed by atoms with Gasteiger partial charge < -0.3 is 15.3 Å². The fourth-order valence-electron chi connectivity index (χ4n) is 3.68. The van der Waals surface area contributed by atoms with E-state index < -0.39 is 5.60 Å². The van der Waals surface area contributed by atoms with Crippen LogP contribution in [0.2, 0.25) is 0 Å². The van der Waals surface area contributed by atoms with Crippen molar-refractivity contribution in [3.63, 3.8) is 0 Å². The van der Waals surface area contributed by atoms with Crippen LogP contribution >= 0.6 is 0 Å². The van der Waals surface area contributed by atoms with Gasteiger partial charge >= 0.3 is 0 Å². The Morgan fingerprint density at radius 1 is 1.03 bits per heavy atom. The van der Waals surface area contributed by atoms with Gasteiger partial charge in [0.25, 0.3) is 0 Å². The monoisotopic (exact) mass is 385 g/mol. The number of aromatic nitrogens is 4.